The van der Waals surface area contributed by atoms with Gasteiger partial charge >= 0.3 is 0 Å². The van der Waals surface area contributed by atoms with E-state index in [0.717, 1.165) is 9.09 Å². The van der Waals surface area contributed by atoms with E-state index in [4.69, 9.17) is 17.3 Å². The average molecular weight is 306 g/mol. The number of hydrogen-bond donors (Lipinski definition) is 1. The Morgan fingerprint density at radius 1 is 1.31 bits per heavy atom. The number of nitrogen functional groups attached to an aromatic ring is 1. The van der Waals surface area contributed by atoms with Gasteiger partial charge in [0.05, 0.1) is 14.5 Å². The number of nitrogens with zero attached hydrogens (tertiary/aromatic N) is 3. The SMILES string of the molecule is Nc1ncnc2c(I)cnc(Cl)c12. The molecule has 0 aliphatic carbocycles. The van der Waals surface area contributed by atoms with E-state index in [1.165, 1.54) is 6.33 Å². The number of nitrogens with two attached hydrogens (primary N) is 1. The van der Waals surface area contributed by atoms with Crippen LogP contribution >= 0.6 is 34.2 Å². The molecule has 0 radical (unpaired) electrons. The molecule has 0 saturated carbocycles. The van der Waals surface area contributed by atoms with Crippen molar-refractivity contribution in [1.82, 2.24) is 15.0 Å². The zero-order chi connectivity index (χ0) is 9.42. The standard InChI is InChI=1S/C7H4ClIN4/c8-6-4-5(3(9)1-11-6)12-2-13-7(4)10/h1-2H,(H2,10,12,13). The van der Waals surface area contributed by atoms with Gasteiger partial charge in [-0.2, -0.15) is 0 Å². The molecule has 0 aliphatic rings. The normalized spacial score (nSPS) is 10.6. The molecular weight excluding hydrogens is 302 g/mol. The van der Waals surface area contributed by atoms with E-state index in [-0.39, 0.29) is 0 Å². The van der Waals surface area contributed by atoms with Crippen molar-refractivity contribution in [2.45, 2.75) is 0 Å². The fourth-order valence-corrected chi connectivity index (χ4v) is 1.81. The van der Waals surface area contributed by atoms with Gasteiger partial charge in [-0.05, 0) is 22.6 Å². The van der Waals surface area contributed by atoms with Gasteiger partial charge in [-0.25, -0.2) is 15.0 Å². The molecule has 0 amide bonds. The molecule has 0 atom stereocenters. The van der Waals surface area contributed by atoms with E-state index in [1.54, 1.807) is 6.20 Å². The number of hydrogen-bond acceptors (Lipinski definition) is 4. The minimum atomic E-state index is 0.341. The van der Waals surface area contributed by atoms with Crippen molar-refractivity contribution >= 4 is 50.9 Å². The van der Waals surface area contributed by atoms with Gasteiger partial charge < -0.3 is 5.73 Å². The van der Waals surface area contributed by atoms with Crippen LogP contribution in [-0.2, 0) is 0 Å². The molecule has 0 unspecified atom stereocenters. The van der Waals surface area contributed by atoms with Crippen molar-refractivity contribution in [3.05, 3.63) is 21.2 Å². The van der Waals surface area contributed by atoms with Gasteiger partial charge in [-0.15, -0.1) is 0 Å². The topological polar surface area (TPSA) is 64.7 Å². The number of pyridine rings is 1. The molecular formula is C7H4ClIN4. The maximum atomic E-state index is 5.86. The average Bonchev–Trinajstić information content (AvgIpc) is 2.12. The molecule has 0 aliphatic heterocycles. The van der Waals surface area contributed by atoms with Crippen molar-refractivity contribution in [2.24, 2.45) is 0 Å². The van der Waals surface area contributed by atoms with Crippen LogP contribution in [0, 0.1) is 3.57 Å². The van der Waals surface area contributed by atoms with Gasteiger partial charge in [0.1, 0.15) is 17.3 Å². The Labute approximate surface area is 92.7 Å². The summed E-state index contributed by atoms with van der Waals surface area (Å²) in [7, 11) is 0. The highest BCUT2D eigenvalue weighted by molar-refractivity contribution is 14.1. The fraction of sp³-hybridized carbons (Fsp3) is 0. The van der Waals surface area contributed by atoms with Crippen LogP contribution in [-0.4, -0.2) is 15.0 Å². The summed E-state index contributed by atoms with van der Waals surface area (Å²) in [5.74, 6) is 0.362. The van der Waals surface area contributed by atoms with Crippen LogP contribution in [0.4, 0.5) is 5.82 Å². The van der Waals surface area contributed by atoms with Crippen LogP contribution in [0.1, 0.15) is 0 Å². The van der Waals surface area contributed by atoms with Crippen LogP contribution in [0.3, 0.4) is 0 Å². The van der Waals surface area contributed by atoms with E-state index in [1.807, 2.05) is 0 Å². The lowest BCUT2D eigenvalue weighted by atomic mass is 10.3. The third-order valence-electron chi connectivity index (χ3n) is 1.60. The van der Waals surface area contributed by atoms with Gasteiger partial charge in [0.15, 0.2) is 0 Å². The first-order valence-corrected chi connectivity index (χ1v) is 4.86. The van der Waals surface area contributed by atoms with Crippen LogP contribution in [0.2, 0.25) is 5.15 Å². The molecule has 6 heteroatoms. The lowest BCUT2D eigenvalue weighted by molar-refractivity contribution is 1.21. The summed E-state index contributed by atoms with van der Waals surface area (Å²) >= 11 is 7.98. The Balaban J connectivity index is 3.00. The molecule has 0 spiro atoms. The van der Waals surface area contributed by atoms with Gasteiger partial charge in [0.2, 0.25) is 0 Å². The van der Waals surface area contributed by atoms with Gasteiger partial charge in [-0.1, -0.05) is 11.6 Å². The third-order valence-corrected chi connectivity index (χ3v) is 2.68. The summed E-state index contributed by atoms with van der Waals surface area (Å²) in [4.78, 5) is 11.9. The summed E-state index contributed by atoms with van der Waals surface area (Å²) in [5.41, 5.74) is 6.39. The molecule has 0 fully saturated rings. The predicted octanol–water partition coefficient (Wildman–Crippen LogP) is 1.86. The first kappa shape index (κ1) is 8.89. The Morgan fingerprint density at radius 3 is 2.77 bits per heavy atom. The largest absolute Gasteiger partial charge is 0.383 e. The van der Waals surface area contributed by atoms with E-state index in [2.05, 4.69) is 37.5 Å². The molecule has 2 aromatic rings. The van der Waals surface area contributed by atoms with Crippen molar-refractivity contribution in [3.8, 4) is 0 Å². The van der Waals surface area contributed by atoms with Gasteiger partial charge in [0, 0.05) is 6.20 Å². The monoisotopic (exact) mass is 306 g/mol. The molecule has 4 nitrogen and oxygen atoms in total. The maximum absolute atomic E-state index is 5.86. The Bertz CT molecular complexity index is 465. The number of aromatic nitrogens is 3. The number of fused-ring (bicyclic) bond motifs is 1. The summed E-state index contributed by atoms with van der Waals surface area (Å²) in [5, 5.41) is 0.963. The number of anilines is 1. The molecule has 0 aromatic carbocycles. The van der Waals surface area contributed by atoms with E-state index < -0.39 is 0 Å². The van der Waals surface area contributed by atoms with Crippen molar-refractivity contribution in [1.29, 1.82) is 0 Å². The lowest BCUT2D eigenvalue weighted by Gasteiger charge is -2.02. The van der Waals surface area contributed by atoms with Crippen molar-refractivity contribution in [3.63, 3.8) is 0 Å². The van der Waals surface area contributed by atoms with E-state index in [0.29, 0.717) is 16.4 Å². The molecule has 0 saturated heterocycles. The van der Waals surface area contributed by atoms with Gasteiger partial charge in [-0.3, -0.25) is 0 Å². The van der Waals surface area contributed by atoms with Crippen LogP contribution in [0.15, 0.2) is 12.5 Å². The second-order valence-electron chi connectivity index (χ2n) is 2.38. The third kappa shape index (κ3) is 1.42. The van der Waals surface area contributed by atoms with E-state index >= 15 is 0 Å². The minimum Gasteiger partial charge on any atom is -0.383 e. The first-order chi connectivity index (χ1) is 6.20. The summed E-state index contributed by atoms with van der Waals surface area (Å²) in [6.07, 6.45) is 3.06. The molecule has 66 valence electrons. The zero-order valence-electron chi connectivity index (χ0n) is 6.33. The smallest absolute Gasteiger partial charge is 0.142 e. The molecule has 0 bridgehead atoms. The minimum absolute atomic E-state index is 0.341. The highest BCUT2D eigenvalue weighted by atomic mass is 127. The molecule has 13 heavy (non-hydrogen) atoms. The van der Waals surface area contributed by atoms with Crippen LogP contribution in [0.25, 0.3) is 10.9 Å². The zero-order valence-corrected chi connectivity index (χ0v) is 9.24. The summed E-state index contributed by atoms with van der Waals surface area (Å²) in [6, 6.07) is 0. The summed E-state index contributed by atoms with van der Waals surface area (Å²) < 4.78 is 0.908. The molecule has 2 heterocycles. The van der Waals surface area contributed by atoms with Crippen molar-refractivity contribution < 1.29 is 0 Å². The lowest BCUT2D eigenvalue weighted by Crippen LogP contribution is -1.96. The highest BCUT2D eigenvalue weighted by Gasteiger charge is 2.08. The Hall–Kier alpha value is -0.690. The number of halogens is 2. The fourth-order valence-electron chi connectivity index (χ4n) is 1.02. The second-order valence-corrected chi connectivity index (χ2v) is 3.90. The molecule has 2 aromatic heterocycles. The predicted molar refractivity (Wildman–Crippen MR) is 59.5 cm³/mol. The second kappa shape index (κ2) is 3.22. The molecule has 2 rings (SSSR count). The van der Waals surface area contributed by atoms with Crippen LogP contribution in [0.5, 0.6) is 0 Å². The van der Waals surface area contributed by atoms with Crippen LogP contribution < -0.4 is 5.73 Å². The quantitative estimate of drug-likeness (QED) is 0.596. The van der Waals surface area contributed by atoms with Crippen molar-refractivity contribution in [2.75, 3.05) is 5.73 Å². The Morgan fingerprint density at radius 2 is 2.08 bits per heavy atom. The highest BCUT2D eigenvalue weighted by Crippen LogP contribution is 2.26. The molecule has 2 N–H and O–H groups in total. The van der Waals surface area contributed by atoms with Gasteiger partial charge in [0.25, 0.3) is 0 Å². The first-order valence-electron chi connectivity index (χ1n) is 3.40. The number of rotatable bonds is 0. The van der Waals surface area contributed by atoms with E-state index in [9.17, 15) is 0 Å². The summed E-state index contributed by atoms with van der Waals surface area (Å²) in [6.45, 7) is 0. The Kier molecular flexibility index (Phi) is 2.20. The maximum Gasteiger partial charge on any atom is 0.142 e.